The summed E-state index contributed by atoms with van der Waals surface area (Å²) in [6.07, 6.45) is 1.48. The Bertz CT molecular complexity index is 814. The lowest BCUT2D eigenvalue weighted by Gasteiger charge is -2.26. The third kappa shape index (κ3) is 3.58. The van der Waals surface area contributed by atoms with E-state index < -0.39 is 0 Å². The number of nitriles is 1. The third-order valence-corrected chi connectivity index (χ3v) is 4.39. The summed E-state index contributed by atoms with van der Waals surface area (Å²) in [5.74, 6) is 0.850. The van der Waals surface area contributed by atoms with Crippen molar-refractivity contribution in [2.75, 3.05) is 26.3 Å². The zero-order valence-electron chi connectivity index (χ0n) is 12.9. The number of morpholine rings is 1. The smallest absolute Gasteiger partial charge is 0.264 e. The van der Waals surface area contributed by atoms with Crippen molar-refractivity contribution in [1.29, 1.82) is 5.26 Å². The molecule has 0 atom stereocenters. The predicted octanol–water partition coefficient (Wildman–Crippen LogP) is 3.47. The van der Waals surface area contributed by atoms with Gasteiger partial charge < -0.3 is 14.1 Å². The standard InChI is InChI=1S/C18H15BrN2O3/c19-16-4-2-1-3-15(16)17-6-5-14(24-17)11-13(12-20)18(22)21-7-9-23-10-8-21/h1-6,11H,7-10H2/b13-11+. The SMILES string of the molecule is N#C/C(=C\c1ccc(-c2ccccc2Br)o1)C(=O)N1CCOCC1. The molecule has 122 valence electrons. The molecule has 5 nitrogen and oxygen atoms in total. The fourth-order valence-electron chi connectivity index (χ4n) is 2.46. The molecular weight excluding hydrogens is 372 g/mol. The van der Waals surface area contributed by atoms with Gasteiger partial charge in [-0.15, -0.1) is 0 Å². The number of ether oxygens (including phenoxy) is 1. The molecule has 2 aromatic rings. The Morgan fingerprint density at radius 1 is 1.21 bits per heavy atom. The summed E-state index contributed by atoms with van der Waals surface area (Å²) in [5, 5.41) is 9.31. The van der Waals surface area contributed by atoms with Crippen molar-refractivity contribution < 1.29 is 13.9 Å². The van der Waals surface area contributed by atoms with Gasteiger partial charge in [0.2, 0.25) is 0 Å². The average molecular weight is 387 g/mol. The number of hydrogen-bond acceptors (Lipinski definition) is 4. The van der Waals surface area contributed by atoms with Crippen LogP contribution in [0.5, 0.6) is 0 Å². The molecule has 3 rings (SSSR count). The van der Waals surface area contributed by atoms with Gasteiger partial charge in [-0.05, 0) is 18.2 Å². The molecule has 1 aliphatic heterocycles. The van der Waals surface area contributed by atoms with Crippen LogP contribution in [0.25, 0.3) is 17.4 Å². The number of amides is 1. The van der Waals surface area contributed by atoms with Gasteiger partial charge in [0.1, 0.15) is 23.2 Å². The van der Waals surface area contributed by atoms with Crippen LogP contribution in [0.2, 0.25) is 0 Å². The summed E-state index contributed by atoms with van der Waals surface area (Å²) in [6, 6.07) is 13.2. The molecule has 1 aromatic heterocycles. The van der Waals surface area contributed by atoms with Crippen LogP contribution in [-0.2, 0) is 9.53 Å². The molecule has 1 fully saturated rings. The molecule has 0 spiro atoms. The van der Waals surface area contributed by atoms with Crippen LogP contribution in [0.4, 0.5) is 0 Å². The molecule has 0 radical (unpaired) electrons. The van der Waals surface area contributed by atoms with E-state index in [1.54, 1.807) is 11.0 Å². The first-order chi connectivity index (χ1) is 11.7. The fraction of sp³-hybridized carbons (Fsp3) is 0.222. The molecule has 0 aliphatic carbocycles. The van der Waals surface area contributed by atoms with E-state index in [1.807, 2.05) is 36.4 Å². The third-order valence-electron chi connectivity index (χ3n) is 3.70. The van der Waals surface area contributed by atoms with Crippen LogP contribution >= 0.6 is 15.9 Å². The minimum absolute atomic E-state index is 0.0601. The second-order valence-electron chi connectivity index (χ2n) is 5.26. The molecule has 0 saturated carbocycles. The summed E-state index contributed by atoms with van der Waals surface area (Å²) in [5.41, 5.74) is 0.972. The van der Waals surface area contributed by atoms with Crippen molar-refractivity contribution >= 4 is 27.9 Å². The maximum Gasteiger partial charge on any atom is 0.264 e. The number of hydrogen-bond donors (Lipinski definition) is 0. The highest BCUT2D eigenvalue weighted by molar-refractivity contribution is 9.10. The van der Waals surface area contributed by atoms with E-state index in [2.05, 4.69) is 15.9 Å². The Kier molecular flexibility index (Phi) is 5.14. The lowest BCUT2D eigenvalue weighted by molar-refractivity contribution is -0.130. The van der Waals surface area contributed by atoms with E-state index in [4.69, 9.17) is 9.15 Å². The summed E-state index contributed by atoms with van der Waals surface area (Å²) >= 11 is 3.48. The molecule has 0 bridgehead atoms. The minimum atomic E-state index is -0.292. The largest absolute Gasteiger partial charge is 0.457 e. The Labute approximate surface area is 148 Å². The second kappa shape index (κ2) is 7.47. The summed E-state index contributed by atoms with van der Waals surface area (Å²) in [6.45, 7) is 1.99. The number of furan rings is 1. The van der Waals surface area contributed by atoms with E-state index in [0.29, 0.717) is 37.8 Å². The van der Waals surface area contributed by atoms with Crippen LogP contribution in [0, 0.1) is 11.3 Å². The highest BCUT2D eigenvalue weighted by Gasteiger charge is 2.21. The average Bonchev–Trinajstić information content (AvgIpc) is 3.08. The van der Waals surface area contributed by atoms with Gasteiger partial charge in [0.05, 0.1) is 13.2 Å². The highest BCUT2D eigenvalue weighted by Crippen LogP contribution is 2.30. The fourth-order valence-corrected chi connectivity index (χ4v) is 2.94. The molecular formula is C18H15BrN2O3. The van der Waals surface area contributed by atoms with Gasteiger partial charge in [-0.2, -0.15) is 5.26 Å². The molecule has 2 heterocycles. The summed E-state index contributed by atoms with van der Waals surface area (Å²) in [7, 11) is 0. The lowest BCUT2D eigenvalue weighted by Crippen LogP contribution is -2.41. The van der Waals surface area contributed by atoms with Gasteiger partial charge in [0.25, 0.3) is 5.91 Å². The summed E-state index contributed by atoms with van der Waals surface area (Å²) in [4.78, 5) is 14.0. The van der Waals surface area contributed by atoms with Gasteiger partial charge >= 0.3 is 0 Å². The highest BCUT2D eigenvalue weighted by atomic mass is 79.9. The first kappa shape index (κ1) is 16.5. The van der Waals surface area contributed by atoms with Crippen LogP contribution < -0.4 is 0 Å². The Balaban J connectivity index is 1.83. The van der Waals surface area contributed by atoms with Crippen molar-refractivity contribution in [1.82, 2.24) is 4.90 Å². The lowest BCUT2D eigenvalue weighted by atomic mass is 10.2. The van der Waals surface area contributed by atoms with Crippen molar-refractivity contribution in [3.05, 3.63) is 52.2 Å². The van der Waals surface area contributed by atoms with E-state index in [9.17, 15) is 10.1 Å². The topological polar surface area (TPSA) is 66.5 Å². The number of nitrogens with zero attached hydrogens (tertiary/aromatic N) is 2. The van der Waals surface area contributed by atoms with E-state index in [0.717, 1.165) is 10.0 Å². The number of carbonyl (C=O) groups excluding carboxylic acids is 1. The number of rotatable bonds is 3. The quantitative estimate of drug-likeness (QED) is 0.598. The summed E-state index contributed by atoms with van der Waals surface area (Å²) < 4.78 is 11.9. The Morgan fingerprint density at radius 3 is 2.67 bits per heavy atom. The normalized spacial score (nSPS) is 15.2. The molecule has 0 N–H and O–H groups in total. The monoisotopic (exact) mass is 386 g/mol. The molecule has 1 aliphatic rings. The number of benzene rings is 1. The molecule has 24 heavy (non-hydrogen) atoms. The molecule has 6 heteroatoms. The maximum atomic E-state index is 12.4. The second-order valence-corrected chi connectivity index (χ2v) is 6.11. The molecule has 0 unspecified atom stereocenters. The van der Waals surface area contributed by atoms with E-state index in [-0.39, 0.29) is 11.5 Å². The van der Waals surface area contributed by atoms with Crippen molar-refractivity contribution in [2.24, 2.45) is 0 Å². The molecule has 1 saturated heterocycles. The minimum Gasteiger partial charge on any atom is -0.457 e. The van der Waals surface area contributed by atoms with Crippen LogP contribution in [0.1, 0.15) is 5.76 Å². The van der Waals surface area contributed by atoms with Gasteiger partial charge in [-0.25, -0.2) is 0 Å². The van der Waals surface area contributed by atoms with Gasteiger partial charge in [0.15, 0.2) is 0 Å². The van der Waals surface area contributed by atoms with E-state index >= 15 is 0 Å². The Hall–Kier alpha value is -2.36. The molecule has 1 amide bonds. The van der Waals surface area contributed by atoms with Gasteiger partial charge in [0, 0.05) is 29.2 Å². The van der Waals surface area contributed by atoms with Crippen LogP contribution in [-0.4, -0.2) is 37.1 Å². The van der Waals surface area contributed by atoms with Gasteiger partial charge in [-0.1, -0.05) is 34.1 Å². The number of halogens is 1. The Morgan fingerprint density at radius 2 is 1.96 bits per heavy atom. The first-order valence-corrected chi connectivity index (χ1v) is 8.32. The zero-order valence-corrected chi connectivity index (χ0v) is 14.5. The predicted molar refractivity (Wildman–Crippen MR) is 92.8 cm³/mol. The zero-order chi connectivity index (χ0) is 16.9. The van der Waals surface area contributed by atoms with Gasteiger partial charge in [-0.3, -0.25) is 4.79 Å². The van der Waals surface area contributed by atoms with Crippen LogP contribution in [0.3, 0.4) is 0 Å². The van der Waals surface area contributed by atoms with Crippen molar-refractivity contribution in [3.8, 4) is 17.4 Å². The molecule has 1 aromatic carbocycles. The van der Waals surface area contributed by atoms with Crippen molar-refractivity contribution in [3.63, 3.8) is 0 Å². The number of carbonyl (C=O) groups is 1. The first-order valence-electron chi connectivity index (χ1n) is 7.52. The maximum absolute atomic E-state index is 12.4. The van der Waals surface area contributed by atoms with Crippen molar-refractivity contribution in [2.45, 2.75) is 0 Å². The van der Waals surface area contributed by atoms with Crippen LogP contribution in [0.15, 0.2) is 50.9 Å². The van der Waals surface area contributed by atoms with E-state index in [1.165, 1.54) is 6.08 Å².